The highest BCUT2D eigenvalue weighted by Gasteiger charge is 2.46. The summed E-state index contributed by atoms with van der Waals surface area (Å²) in [5.41, 5.74) is 3.16. The van der Waals surface area contributed by atoms with Crippen molar-refractivity contribution in [1.29, 1.82) is 0 Å². The molecule has 2 unspecified atom stereocenters. The first-order valence-electron chi connectivity index (χ1n) is 8.05. The molecule has 1 spiro atoms. The minimum absolute atomic E-state index is 0.0444. The lowest BCUT2D eigenvalue weighted by Gasteiger charge is -2.49. The summed E-state index contributed by atoms with van der Waals surface area (Å²) in [7, 11) is 0. The predicted molar refractivity (Wildman–Crippen MR) is 83.0 cm³/mol. The van der Waals surface area contributed by atoms with Gasteiger partial charge in [0.05, 0.1) is 5.60 Å². The number of ether oxygens (including phenoxy) is 1. The van der Waals surface area contributed by atoms with Crippen molar-refractivity contribution in [2.24, 2.45) is 0 Å². The molecule has 2 atom stereocenters. The molecule has 0 bridgehead atoms. The first-order valence-corrected chi connectivity index (χ1v) is 8.05. The largest absolute Gasteiger partial charge is 0.370 e. The van der Waals surface area contributed by atoms with Gasteiger partial charge in [0, 0.05) is 12.6 Å². The maximum absolute atomic E-state index is 6.36. The van der Waals surface area contributed by atoms with E-state index in [-0.39, 0.29) is 11.0 Å². The minimum Gasteiger partial charge on any atom is -0.370 e. The van der Waals surface area contributed by atoms with Crippen molar-refractivity contribution in [3.05, 3.63) is 35.4 Å². The summed E-state index contributed by atoms with van der Waals surface area (Å²) in [5, 5.41) is 3.63. The van der Waals surface area contributed by atoms with Crippen molar-refractivity contribution < 1.29 is 4.74 Å². The highest BCUT2D eigenvalue weighted by Crippen LogP contribution is 2.50. The zero-order valence-electron chi connectivity index (χ0n) is 13.0. The Labute approximate surface area is 122 Å². The van der Waals surface area contributed by atoms with Crippen molar-refractivity contribution in [3.8, 4) is 0 Å². The monoisotopic (exact) mass is 273 g/mol. The summed E-state index contributed by atoms with van der Waals surface area (Å²) in [4.78, 5) is 0. The van der Waals surface area contributed by atoms with Crippen molar-refractivity contribution in [3.63, 3.8) is 0 Å². The summed E-state index contributed by atoms with van der Waals surface area (Å²) in [6.07, 6.45) is 4.62. The molecule has 2 nitrogen and oxygen atoms in total. The molecule has 1 aliphatic heterocycles. The number of hydrogen-bond donors (Lipinski definition) is 1. The highest BCUT2D eigenvalue weighted by molar-refractivity contribution is 5.40. The van der Waals surface area contributed by atoms with Gasteiger partial charge in [-0.15, -0.1) is 0 Å². The molecule has 20 heavy (non-hydrogen) atoms. The molecule has 1 N–H and O–H groups in total. The summed E-state index contributed by atoms with van der Waals surface area (Å²) >= 11 is 0. The van der Waals surface area contributed by atoms with Crippen LogP contribution in [-0.2, 0) is 15.8 Å². The van der Waals surface area contributed by atoms with Crippen LogP contribution in [0, 0.1) is 0 Å². The van der Waals surface area contributed by atoms with Gasteiger partial charge in [-0.2, -0.15) is 0 Å². The number of hydrogen-bond acceptors (Lipinski definition) is 2. The highest BCUT2D eigenvalue weighted by atomic mass is 16.5. The maximum atomic E-state index is 6.36. The third-order valence-corrected chi connectivity index (χ3v) is 5.21. The van der Waals surface area contributed by atoms with Crippen LogP contribution in [0.2, 0.25) is 0 Å². The van der Waals surface area contributed by atoms with Crippen LogP contribution < -0.4 is 5.32 Å². The molecule has 2 heteroatoms. The van der Waals surface area contributed by atoms with Gasteiger partial charge in [-0.1, -0.05) is 45.0 Å². The fraction of sp³-hybridized carbons (Fsp3) is 0.667. The SMILES string of the molecule is CCNC1CCOC2(CCC(C)(C)c3ccccc32)C1. The van der Waals surface area contributed by atoms with Gasteiger partial charge < -0.3 is 10.1 Å². The van der Waals surface area contributed by atoms with Crippen LogP contribution >= 0.6 is 0 Å². The van der Waals surface area contributed by atoms with Crippen LogP contribution in [0.3, 0.4) is 0 Å². The zero-order chi connectivity index (χ0) is 14.2. The molecule has 0 saturated carbocycles. The van der Waals surface area contributed by atoms with Gasteiger partial charge in [-0.25, -0.2) is 0 Å². The average molecular weight is 273 g/mol. The normalized spacial score (nSPS) is 32.0. The smallest absolute Gasteiger partial charge is 0.0949 e. The molecule has 0 aromatic heterocycles. The van der Waals surface area contributed by atoms with E-state index in [9.17, 15) is 0 Å². The van der Waals surface area contributed by atoms with E-state index in [1.165, 1.54) is 17.5 Å². The molecule has 1 aromatic carbocycles. The molecule has 0 amide bonds. The van der Waals surface area contributed by atoms with E-state index in [1.54, 1.807) is 0 Å². The Kier molecular flexibility index (Phi) is 3.64. The Morgan fingerprint density at radius 1 is 1.20 bits per heavy atom. The molecular formula is C18H27NO. The minimum atomic E-state index is -0.0444. The fourth-order valence-electron chi connectivity index (χ4n) is 4.03. The Bertz CT molecular complexity index is 480. The molecule has 1 saturated heterocycles. The Morgan fingerprint density at radius 3 is 2.70 bits per heavy atom. The third-order valence-electron chi connectivity index (χ3n) is 5.21. The van der Waals surface area contributed by atoms with Crippen molar-refractivity contribution in [2.45, 2.75) is 63.5 Å². The van der Waals surface area contributed by atoms with Crippen LogP contribution in [0.1, 0.15) is 57.6 Å². The van der Waals surface area contributed by atoms with Crippen molar-refractivity contribution in [1.82, 2.24) is 5.32 Å². The van der Waals surface area contributed by atoms with E-state index in [1.807, 2.05) is 0 Å². The fourth-order valence-corrected chi connectivity index (χ4v) is 4.03. The molecule has 1 aliphatic carbocycles. The standard InChI is InChI=1S/C18H27NO/c1-4-19-14-9-12-20-18(13-14)11-10-17(2,3)15-7-5-6-8-16(15)18/h5-8,14,19H,4,9-13H2,1-3H3. The van der Waals surface area contributed by atoms with Gasteiger partial charge in [0.2, 0.25) is 0 Å². The number of nitrogens with one attached hydrogen (secondary N) is 1. The lowest BCUT2D eigenvalue weighted by atomic mass is 9.64. The van der Waals surface area contributed by atoms with Gasteiger partial charge in [-0.05, 0) is 48.8 Å². The zero-order valence-corrected chi connectivity index (χ0v) is 13.0. The Morgan fingerprint density at radius 2 is 1.95 bits per heavy atom. The van der Waals surface area contributed by atoms with Crippen LogP contribution in [-0.4, -0.2) is 19.2 Å². The van der Waals surface area contributed by atoms with Crippen LogP contribution in [0.5, 0.6) is 0 Å². The van der Waals surface area contributed by atoms with Crippen LogP contribution in [0.4, 0.5) is 0 Å². The van der Waals surface area contributed by atoms with E-state index in [0.29, 0.717) is 6.04 Å². The van der Waals surface area contributed by atoms with Crippen LogP contribution in [0.15, 0.2) is 24.3 Å². The summed E-state index contributed by atoms with van der Waals surface area (Å²) in [6, 6.07) is 9.54. The van der Waals surface area contributed by atoms with E-state index >= 15 is 0 Å². The number of rotatable bonds is 2. The summed E-state index contributed by atoms with van der Waals surface area (Å²) in [6.45, 7) is 8.85. The average Bonchev–Trinajstić information content (AvgIpc) is 2.45. The van der Waals surface area contributed by atoms with Gasteiger partial charge >= 0.3 is 0 Å². The lowest BCUT2D eigenvalue weighted by Crippen LogP contribution is -2.48. The third kappa shape index (κ3) is 2.29. The molecule has 3 rings (SSSR count). The van der Waals surface area contributed by atoms with Gasteiger partial charge in [-0.3, -0.25) is 0 Å². The molecule has 1 heterocycles. The summed E-state index contributed by atoms with van der Waals surface area (Å²) < 4.78 is 6.36. The van der Waals surface area contributed by atoms with Crippen LogP contribution in [0.25, 0.3) is 0 Å². The Hall–Kier alpha value is -0.860. The first-order chi connectivity index (χ1) is 9.57. The molecular weight excluding hydrogens is 246 g/mol. The maximum Gasteiger partial charge on any atom is 0.0949 e. The molecule has 1 aromatic rings. The van der Waals surface area contributed by atoms with Gasteiger partial charge in [0.15, 0.2) is 0 Å². The van der Waals surface area contributed by atoms with E-state index in [4.69, 9.17) is 4.74 Å². The lowest BCUT2D eigenvalue weighted by molar-refractivity contribution is -0.109. The number of benzene rings is 1. The second kappa shape index (κ2) is 5.16. The number of fused-ring (bicyclic) bond motifs is 2. The van der Waals surface area contributed by atoms with E-state index < -0.39 is 0 Å². The van der Waals surface area contributed by atoms with Gasteiger partial charge in [0.1, 0.15) is 0 Å². The Balaban J connectivity index is 1.98. The van der Waals surface area contributed by atoms with E-state index in [0.717, 1.165) is 32.4 Å². The second-order valence-electron chi connectivity index (χ2n) is 7.02. The second-order valence-corrected chi connectivity index (χ2v) is 7.02. The molecule has 110 valence electrons. The van der Waals surface area contributed by atoms with E-state index in [2.05, 4.69) is 50.4 Å². The predicted octanol–water partition coefficient (Wildman–Crippen LogP) is 3.74. The first kappa shape index (κ1) is 14.1. The molecule has 0 radical (unpaired) electrons. The topological polar surface area (TPSA) is 21.3 Å². The molecule has 2 aliphatic rings. The van der Waals surface area contributed by atoms with Gasteiger partial charge in [0.25, 0.3) is 0 Å². The van der Waals surface area contributed by atoms with Crippen molar-refractivity contribution >= 4 is 0 Å². The summed E-state index contributed by atoms with van der Waals surface area (Å²) in [5.74, 6) is 0. The molecule has 1 fully saturated rings. The quantitative estimate of drug-likeness (QED) is 0.886. The van der Waals surface area contributed by atoms with Crippen molar-refractivity contribution in [2.75, 3.05) is 13.2 Å².